The van der Waals surface area contributed by atoms with E-state index in [2.05, 4.69) is 49.4 Å². The molecule has 106 valence electrons. The average molecular weight is 276 g/mol. The Kier molecular flexibility index (Phi) is 3.40. The van der Waals surface area contributed by atoms with Gasteiger partial charge in [0.05, 0.1) is 5.54 Å². The van der Waals surface area contributed by atoms with Crippen molar-refractivity contribution < 1.29 is 0 Å². The van der Waals surface area contributed by atoms with E-state index in [1.54, 1.807) is 0 Å². The molecule has 0 saturated heterocycles. The molecule has 0 radical (unpaired) electrons. The molecule has 0 fully saturated rings. The Morgan fingerprint density at radius 2 is 1.86 bits per heavy atom. The molecule has 21 heavy (non-hydrogen) atoms. The van der Waals surface area contributed by atoms with Crippen molar-refractivity contribution in [3.05, 3.63) is 83.6 Å². The number of nitrogens with two attached hydrogens (primary N) is 2. The minimum Gasteiger partial charge on any atom is -0.399 e. The van der Waals surface area contributed by atoms with Gasteiger partial charge in [0.25, 0.3) is 0 Å². The molecule has 0 heterocycles. The third-order valence-corrected chi connectivity index (χ3v) is 4.01. The predicted molar refractivity (Wildman–Crippen MR) is 88.5 cm³/mol. The van der Waals surface area contributed by atoms with Crippen LogP contribution in [0.15, 0.2) is 72.5 Å². The fourth-order valence-corrected chi connectivity index (χ4v) is 2.82. The normalized spacial score (nSPS) is 21.1. The SMILES string of the molecule is Cc1cccc(-c2ccccc2C2(N)C=CC(N)=CC2)c1. The summed E-state index contributed by atoms with van der Waals surface area (Å²) in [7, 11) is 0. The second kappa shape index (κ2) is 5.23. The molecule has 0 aromatic heterocycles. The molecule has 2 heteroatoms. The van der Waals surface area contributed by atoms with Crippen LogP contribution in [0.25, 0.3) is 11.1 Å². The van der Waals surface area contributed by atoms with E-state index >= 15 is 0 Å². The van der Waals surface area contributed by atoms with Crippen molar-refractivity contribution in [3.8, 4) is 11.1 Å². The summed E-state index contributed by atoms with van der Waals surface area (Å²) in [6.07, 6.45) is 6.62. The molecule has 0 spiro atoms. The van der Waals surface area contributed by atoms with Crippen LogP contribution in [0.5, 0.6) is 0 Å². The van der Waals surface area contributed by atoms with Gasteiger partial charge in [0.15, 0.2) is 0 Å². The highest BCUT2D eigenvalue weighted by molar-refractivity contribution is 5.70. The van der Waals surface area contributed by atoms with Crippen LogP contribution in [0, 0.1) is 6.92 Å². The molecular weight excluding hydrogens is 256 g/mol. The van der Waals surface area contributed by atoms with E-state index in [0.717, 1.165) is 17.7 Å². The quantitative estimate of drug-likeness (QED) is 0.880. The van der Waals surface area contributed by atoms with Crippen molar-refractivity contribution >= 4 is 0 Å². The highest BCUT2D eigenvalue weighted by Crippen LogP contribution is 2.35. The van der Waals surface area contributed by atoms with Gasteiger partial charge in [-0.2, -0.15) is 0 Å². The zero-order valence-electron chi connectivity index (χ0n) is 12.2. The topological polar surface area (TPSA) is 52.0 Å². The lowest BCUT2D eigenvalue weighted by molar-refractivity contribution is 0.563. The molecule has 0 amide bonds. The molecule has 3 rings (SSSR count). The first-order valence-corrected chi connectivity index (χ1v) is 7.19. The summed E-state index contributed by atoms with van der Waals surface area (Å²) in [6.45, 7) is 2.11. The second-order valence-corrected chi connectivity index (χ2v) is 5.70. The van der Waals surface area contributed by atoms with Gasteiger partial charge in [-0.25, -0.2) is 0 Å². The van der Waals surface area contributed by atoms with Crippen LogP contribution in [0.4, 0.5) is 0 Å². The number of aryl methyl sites for hydroxylation is 1. The maximum Gasteiger partial charge on any atom is 0.0641 e. The van der Waals surface area contributed by atoms with Crippen LogP contribution in [-0.2, 0) is 5.54 Å². The lowest BCUT2D eigenvalue weighted by Crippen LogP contribution is -2.36. The van der Waals surface area contributed by atoms with Crippen LogP contribution < -0.4 is 11.5 Å². The van der Waals surface area contributed by atoms with Crippen LogP contribution in [0.3, 0.4) is 0 Å². The van der Waals surface area contributed by atoms with Gasteiger partial charge in [-0.15, -0.1) is 0 Å². The van der Waals surface area contributed by atoms with E-state index in [9.17, 15) is 0 Å². The third kappa shape index (κ3) is 2.63. The third-order valence-electron chi connectivity index (χ3n) is 4.01. The zero-order chi connectivity index (χ0) is 14.9. The first kappa shape index (κ1) is 13.7. The zero-order valence-corrected chi connectivity index (χ0v) is 12.2. The molecule has 1 aliphatic carbocycles. The molecule has 4 N–H and O–H groups in total. The fraction of sp³-hybridized carbons (Fsp3) is 0.158. The number of benzene rings is 2. The molecule has 1 atom stereocenters. The molecule has 2 nitrogen and oxygen atoms in total. The van der Waals surface area contributed by atoms with E-state index in [1.807, 2.05) is 24.3 Å². The Morgan fingerprint density at radius 3 is 2.57 bits per heavy atom. The highest BCUT2D eigenvalue weighted by Gasteiger charge is 2.27. The first-order valence-electron chi connectivity index (χ1n) is 7.19. The first-order chi connectivity index (χ1) is 10.1. The molecule has 2 aromatic rings. The molecule has 1 unspecified atom stereocenters. The molecule has 0 aliphatic heterocycles. The van der Waals surface area contributed by atoms with E-state index in [-0.39, 0.29) is 0 Å². The Balaban J connectivity index is 2.11. The maximum absolute atomic E-state index is 6.63. The van der Waals surface area contributed by atoms with Crippen molar-refractivity contribution in [3.63, 3.8) is 0 Å². The van der Waals surface area contributed by atoms with E-state index in [0.29, 0.717) is 0 Å². The van der Waals surface area contributed by atoms with Crippen molar-refractivity contribution in [2.24, 2.45) is 11.5 Å². The van der Waals surface area contributed by atoms with Crippen LogP contribution in [0.1, 0.15) is 17.5 Å². The Hall–Kier alpha value is -2.32. The average Bonchev–Trinajstić information content (AvgIpc) is 2.50. The number of hydrogen-bond acceptors (Lipinski definition) is 2. The maximum atomic E-state index is 6.63. The standard InChI is InChI=1S/C19H20N2/c1-14-5-4-6-15(13-14)17-7-2-3-8-18(17)19(21)11-9-16(20)10-12-19/h2-11,13H,12,20-21H2,1H3. The minimum absolute atomic E-state index is 0.497. The summed E-state index contributed by atoms with van der Waals surface area (Å²) in [5, 5.41) is 0. The monoisotopic (exact) mass is 276 g/mol. The van der Waals surface area contributed by atoms with Crippen molar-refractivity contribution in [1.29, 1.82) is 0 Å². The van der Waals surface area contributed by atoms with Crippen LogP contribution in [-0.4, -0.2) is 0 Å². The summed E-state index contributed by atoms with van der Waals surface area (Å²) >= 11 is 0. The highest BCUT2D eigenvalue weighted by atomic mass is 14.7. The number of rotatable bonds is 2. The lowest BCUT2D eigenvalue weighted by atomic mass is 9.80. The van der Waals surface area contributed by atoms with Gasteiger partial charge >= 0.3 is 0 Å². The minimum atomic E-state index is -0.497. The van der Waals surface area contributed by atoms with E-state index < -0.39 is 5.54 Å². The summed E-state index contributed by atoms with van der Waals surface area (Å²) in [5.41, 5.74) is 17.5. The number of hydrogen-bond donors (Lipinski definition) is 2. The van der Waals surface area contributed by atoms with Gasteiger partial charge in [-0.05, 0) is 36.1 Å². The van der Waals surface area contributed by atoms with Crippen molar-refractivity contribution in [2.75, 3.05) is 0 Å². The summed E-state index contributed by atoms with van der Waals surface area (Å²) in [6, 6.07) is 16.9. The molecule has 0 bridgehead atoms. The van der Waals surface area contributed by atoms with Gasteiger partial charge in [0.2, 0.25) is 0 Å². The smallest absolute Gasteiger partial charge is 0.0641 e. The second-order valence-electron chi connectivity index (χ2n) is 5.70. The molecule has 0 saturated carbocycles. The van der Waals surface area contributed by atoms with Gasteiger partial charge in [0.1, 0.15) is 0 Å². The van der Waals surface area contributed by atoms with Crippen molar-refractivity contribution in [1.82, 2.24) is 0 Å². The fourth-order valence-electron chi connectivity index (χ4n) is 2.82. The molecular formula is C19H20N2. The lowest BCUT2D eigenvalue weighted by Gasteiger charge is -2.30. The predicted octanol–water partition coefficient (Wildman–Crippen LogP) is 3.62. The molecule has 2 aromatic carbocycles. The summed E-state index contributed by atoms with van der Waals surface area (Å²) < 4.78 is 0. The van der Waals surface area contributed by atoms with Gasteiger partial charge in [-0.1, -0.05) is 66.2 Å². The van der Waals surface area contributed by atoms with Crippen molar-refractivity contribution in [2.45, 2.75) is 18.9 Å². The Labute approximate surface area is 125 Å². The summed E-state index contributed by atoms with van der Waals surface area (Å²) in [5.74, 6) is 0. The van der Waals surface area contributed by atoms with Gasteiger partial charge < -0.3 is 11.5 Å². The van der Waals surface area contributed by atoms with Gasteiger partial charge in [0, 0.05) is 5.70 Å². The van der Waals surface area contributed by atoms with E-state index in [4.69, 9.17) is 11.5 Å². The largest absolute Gasteiger partial charge is 0.399 e. The molecule has 1 aliphatic rings. The van der Waals surface area contributed by atoms with Gasteiger partial charge in [-0.3, -0.25) is 0 Å². The Bertz CT molecular complexity index is 728. The van der Waals surface area contributed by atoms with E-state index in [1.165, 1.54) is 16.7 Å². The van der Waals surface area contributed by atoms with Crippen LogP contribution >= 0.6 is 0 Å². The Morgan fingerprint density at radius 1 is 1.05 bits per heavy atom. The number of allylic oxidation sites excluding steroid dienone is 1. The summed E-state index contributed by atoms with van der Waals surface area (Å²) in [4.78, 5) is 0. The van der Waals surface area contributed by atoms with Crippen LogP contribution in [0.2, 0.25) is 0 Å².